The molecule has 0 amide bonds. The Balaban J connectivity index is 2.15. The third-order valence-corrected chi connectivity index (χ3v) is 2.82. The fourth-order valence-electron chi connectivity index (χ4n) is 1.77. The number of nitrogens with zero attached hydrogens (tertiary/aromatic N) is 2. The van der Waals surface area contributed by atoms with E-state index in [2.05, 4.69) is 20.3 Å². The molecule has 0 saturated carbocycles. The lowest BCUT2D eigenvalue weighted by atomic mass is 10.2. The molecular weight excluding hydrogens is 268 g/mol. The van der Waals surface area contributed by atoms with Crippen molar-refractivity contribution in [2.24, 2.45) is 0 Å². The van der Waals surface area contributed by atoms with Gasteiger partial charge in [-0.2, -0.15) is 8.78 Å². The minimum Gasteiger partial charge on any atom is -0.435 e. The Morgan fingerprint density at radius 3 is 2.50 bits per heavy atom. The highest BCUT2D eigenvalue weighted by Crippen LogP contribution is 2.24. The Morgan fingerprint density at radius 1 is 1.25 bits per heavy atom. The number of rotatable bonds is 6. The largest absolute Gasteiger partial charge is 0.435 e. The number of ether oxygens (including phenoxy) is 1. The van der Waals surface area contributed by atoms with Crippen LogP contribution in [0.4, 0.5) is 8.78 Å². The molecule has 2 aromatic rings. The molecule has 0 radical (unpaired) electrons. The number of benzene rings is 1. The zero-order valence-corrected chi connectivity index (χ0v) is 11.1. The summed E-state index contributed by atoms with van der Waals surface area (Å²) in [6, 6.07) is 6.05. The van der Waals surface area contributed by atoms with E-state index in [9.17, 15) is 8.78 Å². The van der Waals surface area contributed by atoms with Gasteiger partial charge in [0.1, 0.15) is 5.75 Å². The monoisotopic (exact) mass is 283 g/mol. The van der Waals surface area contributed by atoms with E-state index in [1.54, 1.807) is 12.1 Å². The molecular formula is C13H15F2N3O2. The fourth-order valence-corrected chi connectivity index (χ4v) is 1.77. The molecule has 0 spiro atoms. The summed E-state index contributed by atoms with van der Waals surface area (Å²) in [7, 11) is 1.81. The first kappa shape index (κ1) is 14.4. The lowest BCUT2D eigenvalue weighted by molar-refractivity contribution is -0.0498. The zero-order chi connectivity index (χ0) is 14.5. The van der Waals surface area contributed by atoms with Gasteiger partial charge < -0.3 is 14.5 Å². The topological polar surface area (TPSA) is 60.2 Å². The smallest absolute Gasteiger partial charge is 0.387 e. The number of halogens is 2. The summed E-state index contributed by atoms with van der Waals surface area (Å²) in [5, 5.41) is 11.0. The highest BCUT2D eigenvalue weighted by Gasteiger charge is 2.16. The lowest BCUT2D eigenvalue weighted by Gasteiger charge is -2.07. The van der Waals surface area contributed by atoms with Crippen LogP contribution in [0.25, 0.3) is 11.5 Å². The second-order valence-corrected chi connectivity index (χ2v) is 4.10. The maximum atomic E-state index is 12.0. The molecule has 0 aliphatic rings. The van der Waals surface area contributed by atoms with Crippen LogP contribution in [0.2, 0.25) is 0 Å². The SMILES string of the molecule is CCC(NC)c1nnc(-c2ccc(OC(F)F)cc2)o1. The highest BCUT2D eigenvalue weighted by atomic mass is 19.3. The minimum atomic E-state index is -2.84. The van der Waals surface area contributed by atoms with Crippen LogP contribution in [0.3, 0.4) is 0 Å². The summed E-state index contributed by atoms with van der Waals surface area (Å²) in [4.78, 5) is 0. The number of nitrogens with one attached hydrogen (secondary N) is 1. The van der Waals surface area contributed by atoms with Crippen molar-refractivity contribution in [3.05, 3.63) is 30.2 Å². The molecule has 0 aliphatic heterocycles. The Hall–Kier alpha value is -2.02. The first-order valence-corrected chi connectivity index (χ1v) is 6.20. The summed E-state index contributed by atoms with van der Waals surface area (Å²) in [6.07, 6.45) is 0.819. The van der Waals surface area contributed by atoms with Crippen LogP contribution in [0.5, 0.6) is 5.75 Å². The van der Waals surface area contributed by atoms with Crippen LogP contribution in [-0.2, 0) is 0 Å². The highest BCUT2D eigenvalue weighted by molar-refractivity contribution is 5.53. The molecule has 20 heavy (non-hydrogen) atoms. The van der Waals surface area contributed by atoms with Crippen molar-refractivity contribution in [2.45, 2.75) is 26.0 Å². The molecule has 1 unspecified atom stereocenters. The average Bonchev–Trinajstić information content (AvgIpc) is 2.90. The summed E-state index contributed by atoms with van der Waals surface area (Å²) in [5.74, 6) is 0.931. The Bertz CT molecular complexity index is 539. The van der Waals surface area contributed by atoms with Crippen molar-refractivity contribution in [3.63, 3.8) is 0 Å². The zero-order valence-electron chi connectivity index (χ0n) is 11.1. The van der Waals surface area contributed by atoms with E-state index in [0.29, 0.717) is 17.3 Å². The van der Waals surface area contributed by atoms with Crippen molar-refractivity contribution in [3.8, 4) is 17.2 Å². The van der Waals surface area contributed by atoms with Crippen LogP contribution >= 0.6 is 0 Å². The lowest BCUT2D eigenvalue weighted by Crippen LogP contribution is -2.15. The third-order valence-electron chi connectivity index (χ3n) is 2.82. The summed E-state index contributed by atoms with van der Waals surface area (Å²) in [6.45, 7) is -0.835. The van der Waals surface area contributed by atoms with Gasteiger partial charge in [-0.1, -0.05) is 6.92 Å². The van der Waals surface area contributed by atoms with Gasteiger partial charge in [-0.25, -0.2) is 0 Å². The molecule has 1 atom stereocenters. The van der Waals surface area contributed by atoms with Gasteiger partial charge in [-0.3, -0.25) is 0 Å². The molecule has 1 heterocycles. The molecule has 0 fully saturated rings. The van der Waals surface area contributed by atoms with Crippen LogP contribution in [0.1, 0.15) is 25.3 Å². The first-order valence-electron chi connectivity index (χ1n) is 6.20. The third kappa shape index (κ3) is 3.30. The van der Waals surface area contributed by atoms with Gasteiger partial charge in [-0.15, -0.1) is 10.2 Å². The maximum Gasteiger partial charge on any atom is 0.387 e. The van der Waals surface area contributed by atoms with Gasteiger partial charge in [0, 0.05) is 5.56 Å². The number of aromatic nitrogens is 2. The second-order valence-electron chi connectivity index (χ2n) is 4.10. The molecule has 7 heteroatoms. The number of hydrogen-bond acceptors (Lipinski definition) is 5. The van der Waals surface area contributed by atoms with Gasteiger partial charge in [0.25, 0.3) is 0 Å². The second kappa shape index (κ2) is 6.42. The predicted molar refractivity (Wildman–Crippen MR) is 68.5 cm³/mol. The van der Waals surface area contributed by atoms with Crippen LogP contribution in [0, 0.1) is 0 Å². The fraction of sp³-hybridized carbons (Fsp3) is 0.385. The standard InChI is InChI=1S/C13H15F2N3O2/c1-3-10(16-2)12-18-17-11(20-12)8-4-6-9(7-5-8)19-13(14)15/h4-7,10,13,16H,3H2,1-2H3. The Kier molecular flexibility index (Phi) is 4.62. The van der Waals surface area contributed by atoms with Gasteiger partial charge in [-0.05, 0) is 37.7 Å². The van der Waals surface area contributed by atoms with E-state index in [1.165, 1.54) is 12.1 Å². The van der Waals surface area contributed by atoms with E-state index in [1.807, 2.05) is 14.0 Å². The molecule has 1 N–H and O–H groups in total. The maximum absolute atomic E-state index is 12.0. The summed E-state index contributed by atoms with van der Waals surface area (Å²) >= 11 is 0. The molecule has 0 aliphatic carbocycles. The quantitative estimate of drug-likeness (QED) is 0.883. The van der Waals surface area contributed by atoms with Gasteiger partial charge in [0.15, 0.2) is 0 Å². The molecule has 0 bridgehead atoms. The molecule has 1 aromatic carbocycles. The first-order chi connectivity index (χ1) is 9.63. The van der Waals surface area contributed by atoms with Crippen LogP contribution in [-0.4, -0.2) is 23.9 Å². The molecule has 108 valence electrons. The Labute approximate surface area is 115 Å². The normalized spacial score (nSPS) is 12.7. The predicted octanol–water partition coefficient (Wildman–Crippen LogP) is 3.01. The van der Waals surface area contributed by atoms with E-state index in [0.717, 1.165) is 6.42 Å². The van der Waals surface area contributed by atoms with E-state index in [4.69, 9.17) is 4.42 Å². The van der Waals surface area contributed by atoms with Crippen molar-refractivity contribution in [1.82, 2.24) is 15.5 Å². The average molecular weight is 283 g/mol. The van der Waals surface area contributed by atoms with Crippen molar-refractivity contribution >= 4 is 0 Å². The molecule has 0 saturated heterocycles. The van der Waals surface area contributed by atoms with Gasteiger partial charge in [0.05, 0.1) is 6.04 Å². The molecule has 5 nitrogen and oxygen atoms in total. The van der Waals surface area contributed by atoms with Crippen LogP contribution < -0.4 is 10.1 Å². The number of alkyl halides is 2. The van der Waals surface area contributed by atoms with Gasteiger partial charge in [0.2, 0.25) is 11.8 Å². The van der Waals surface area contributed by atoms with Crippen LogP contribution in [0.15, 0.2) is 28.7 Å². The number of hydrogen-bond donors (Lipinski definition) is 1. The summed E-state index contributed by atoms with van der Waals surface area (Å²) in [5.41, 5.74) is 0.649. The molecule has 2 rings (SSSR count). The van der Waals surface area contributed by atoms with Gasteiger partial charge >= 0.3 is 6.61 Å². The summed E-state index contributed by atoms with van der Waals surface area (Å²) < 4.78 is 33.9. The minimum absolute atomic E-state index is 0.00214. The van der Waals surface area contributed by atoms with Crippen molar-refractivity contribution in [1.29, 1.82) is 0 Å². The van der Waals surface area contributed by atoms with Crippen molar-refractivity contribution < 1.29 is 17.9 Å². The van der Waals surface area contributed by atoms with E-state index in [-0.39, 0.29) is 11.8 Å². The van der Waals surface area contributed by atoms with Crippen molar-refractivity contribution in [2.75, 3.05) is 7.05 Å². The molecule has 1 aromatic heterocycles. The van der Waals surface area contributed by atoms with E-state index >= 15 is 0 Å². The van der Waals surface area contributed by atoms with E-state index < -0.39 is 6.61 Å². The Morgan fingerprint density at radius 2 is 1.95 bits per heavy atom.